The molecule has 2 aromatic carbocycles. The molecule has 0 aliphatic heterocycles. The van der Waals surface area contributed by atoms with Crippen molar-refractivity contribution in [2.45, 2.75) is 11.5 Å². The van der Waals surface area contributed by atoms with Crippen molar-refractivity contribution in [3.05, 3.63) is 62.6 Å². The molecule has 0 heterocycles. The number of hydrogen-bond acceptors (Lipinski definition) is 4. The molecule has 0 aliphatic rings. The number of esters is 1. The second kappa shape index (κ2) is 7.07. The molecule has 2 rings (SSSR count). The Balaban J connectivity index is 2.19. The van der Waals surface area contributed by atoms with Gasteiger partial charge in [0.1, 0.15) is 6.61 Å². The fourth-order valence-electron chi connectivity index (χ4n) is 1.69. The number of nitrogens with two attached hydrogens (primary N) is 1. The molecule has 122 valence electrons. The van der Waals surface area contributed by atoms with Crippen LogP contribution in [0.5, 0.6) is 0 Å². The summed E-state index contributed by atoms with van der Waals surface area (Å²) in [5.74, 6) is -0.786. The SMILES string of the molecule is NS(=O)(=O)c1ccc(Cl)c(C(=O)OCc2ccc(Cl)c(Cl)c2)c1. The van der Waals surface area contributed by atoms with E-state index in [1.165, 1.54) is 12.1 Å². The van der Waals surface area contributed by atoms with E-state index in [4.69, 9.17) is 44.7 Å². The Hall–Kier alpha value is -1.31. The molecule has 0 fully saturated rings. The predicted octanol–water partition coefficient (Wildman–Crippen LogP) is 3.65. The largest absolute Gasteiger partial charge is 0.457 e. The van der Waals surface area contributed by atoms with Gasteiger partial charge in [-0.2, -0.15) is 0 Å². The molecule has 0 aliphatic carbocycles. The Kier molecular flexibility index (Phi) is 5.54. The van der Waals surface area contributed by atoms with Crippen molar-refractivity contribution in [1.82, 2.24) is 0 Å². The van der Waals surface area contributed by atoms with Crippen molar-refractivity contribution in [2.24, 2.45) is 5.14 Å². The van der Waals surface area contributed by atoms with Crippen molar-refractivity contribution < 1.29 is 17.9 Å². The van der Waals surface area contributed by atoms with Crippen molar-refractivity contribution >= 4 is 50.8 Å². The lowest BCUT2D eigenvalue weighted by Gasteiger charge is -2.08. The van der Waals surface area contributed by atoms with Gasteiger partial charge in [0.2, 0.25) is 10.0 Å². The van der Waals surface area contributed by atoms with Gasteiger partial charge in [-0.3, -0.25) is 0 Å². The molecule has 0 radical (unpaired) electrons. The lowest BCUT2D eigenvalue weighted by atomic mass is 10.2. The summed E-state index contributed by atoms with van der Waals surface area (Å²) in [4.78, 5) is 11.8. The molecule has 2 aromatic rings. The molecular formula is C14H10Cl3NO4S. The number of halogens is 3. The average Bonchev–Trinajstić information content (AvgIpc) is 2.47. The Morgan fingerprint density at radius 1 is 1.00 bits per heavy atom. The quantitative estimate of drug-likeness (QED) is 0.802. The number of benzene rings is 2. The highest BCUT2D eigenvalue weighted by atomic mass is 35.5. The Labute approximate surface area is 148 Å². The third-order valence-corrected chi connectivity index (χ3v) is 4.82. The first-order chi connectivity index (χ1) is 10.7. The van der Waals surface area contributed by atoms with Crippen LogP contribution >= 0.6 is 34.8 Å². The molecule has 0 spiro atoms. The van der Waals surface area contributed by atoms with E-state index in [2.05, 4.69) is 0 Å². The topological polar surface area (TPSA) is 86.5 Å². The number of hydrogen-bond donors (Lipinski definition) is 1. The predicted molar refractivity (Wildman–Crippen MR) is 88.4 cm³/mol. The van der Waals surface area contributed by atoms with Gasteiger partial charge in [0.25, 0.3) is 0 Å². The van der Waals surface area contributed by atoms with E-state index < -0.39 is 16.0 Å². The Morgan fingerprint density at radius 3 is 2.26 bits per heavy atom. The summed E-state index contributed by atoms with van der Waals surface area (Å²) in [7, 11) is -3.95. The van der Waals surface area contributed by atoms with E-state index in [1.54, 1.807) is 18.2 Å². The molecule has 5 nitrogen and oxygen atoms in total. The first-order valence-electron chi connectivity index (χ1n) is 6.12. The molecule has 0 unspecified atom stereocenters. The Bertz CT molecular complexity index is 868. The van der Waals surface area contributed by atoms with Crippen LogP contribution in [0.4, 0.5) is 0 Å². The van der Waals surface area contributed by atoms with Crippen LogP contribution in [0, 0.1) is 0 Å². The zero-order chi connectivity index (χ0) is 17.2. The second-order valence-corrected chi connectivity index (χ2v) is 7.29. The van der Waals surface area contributed by atoms with Gasteiger partial charge in [0.05, 0.1) is 25.5 Å². The minimum Gasteiger partial charge on any atom is -0.457 e. The fraction of sp³-hybridized carbons (Fsp3) is 0.0714. The van der Waals surface area contributed by atoms with E-state index >= 15 is 0 Å². The fourth-order valence-corrected chi connectivity index (χ4v) is 2.75. The molecule has 0 amide bonds. The van der Waals surface area contributed by atoms with Crippen LogP contribution in [-0.2, 0) is 21.4 Å². The van der Waals surface area contributed by atoms with Gasteiger partial charge in [0.15, 0.2) is 0 Å². The normalized spacial score (nSPS) is 11.3. The van der Waals surface area contributed by atoms with E-state index in [9.17, 15) is 13.2 Å². The number of sulfonamides is 1. The van der Waals surface area contributed by atoms with Crippen LogP contribution in [0.15, 0.2) is 41.3 Å². The minimum atomic E-state index is -3.95. The van der Waals surface area contributed by atoms with Gasteiger partial charge in [-0.05, 0) is 35.9 Å². The average molecular weight is 395 g/mol. The molecule has 0 aromatic heterocycles. The summed E-state index contributed by atoms with van der Waals surface area (Å²) in [6, 6.07) is 8.30. The molecule has 23 heavy (non-hydrogen) atoms. The summed E-state index contributed by atoms with van der Waals surface area (Å²) in [5.41, 5.74) is 0.518. The number of carbonyl (C=O) groups excluding carboxylic acids is 1. The lowest BCUT2D eigenvalue weighted by molar-refractivity contribution is 0.0472. The summed E-state index contributed by atoms with van der Waals surface area (Å²) in [6.07, 6.45) is 0. The minimum absolute atomic E-state index is 0.0524. The van der Waals surface area contributed by atoms with Gasteiger partial charge < -0.3 is 4.74 Å². The van der Waals surface area contributed by atoms with Crippen LogP contribution in [0.2, 0.25) is 15.1 Å². The van der Waals surface area contributed by atoms with Crippen molar-refractivity contribution in [2.75, 3.05) is 0 Å². The molecule has 0 saturated heterocycles. The third-order valence-electron chi connectivity index (χ3n) is 2.84. The van der Waals surface area contributed by atoms with Crippen LogP contribution in [-0.4, -0.2) is 14.4 Å². The van der Waals surface area contributed by atoms with Crippen LogP contribution in [0.1, 0.15) is 15.9 Å². The zero-order valence-corrected chi connectivity index (χ0v) is 14.5. The highest BCUT2D eigenvalue weighted by Gasteiger charge is 2.17. The van der Waals surface area contributed by atoms with E-state index in [0.29, 0.717) is 15.6 Å². The highest BCUT2D eigenvalue weighted by molar-refractivity contribution is 7.89. The second-order valence-electron chi connectivity index (χ2n) is 4.51. The molecular weight excluding hydrogens is 385 g/mol. The summed E-state index contributed by atoms with van der Waals surface area (Å²) < 4.78 is 27.7. The summed E-state index contributed by atoms with van der Waals surface area (Å²) >= 11 is 17.6. The highest BCUT2D eigenvalue weighted by Crippen LogP contribution is 2.24. The van der Waals surface area contributed by atoms with Crippen molar-refractivity contribution in [3.8, 4) is 0 Å². The maximum Gasteiger partial charge on any atom is 0.340 e. The standard InChI is InChI=1S/C14H10Cl3NO4S/c15-11-4-2-9(23(18,20)21)6-10(11)14(19)22-7-8-1-3-12(16)13(17)5-8/h1-6H,7H2,(H2,18,20,21). The van der Waals surface area contributed by atoms with Crippen LogP contribution in [0.3, 0.4) is 0 Å². The van der Waals surface area contributed by atoms with Gasteiger partial charge in [-0.15, -0.1) is 0 Å². The van der Waals surface area contributed by atoms with Gasteiger partial charge in [-0.1, -0.05) is 40.9 Å². The van der Waals surface area contributed by atoms with Crippen LogP contribution in [0.25, 0.3) is 0 Å². The van der Waals surface area contributed by atoms with Gasteiger partial charge in [0, 0.05) is 0 Å². The monoisotopic (exact) mass is 393 g/mol. The smallest absolute Gasteiger partial charge is 0.340 e. The number of carbonyl (C=O) groups is 1. The van der Waals surface area contributed by atoms with Crippen LogP contribution < -0.4 is 5.14 Å². The number of primary sulfonamides is 1. The summed E-state index contributed by atoms with van der Waals surface area (Å²) in [5, 5.41) is 5.78. The molecule has 0 atom stereocenters. The third kappa shape index (κ3) is 4.59. The maximum atomic E-state index is 12.1. The number of ether oxygens (including phenoxy) is 1. The summed E-state index contributed by atoms with van der Waals surface area (Å²) in [6.45, 7) is -0.0777. The molecule has 0 bridgehead atoms. The first kappa shape index (κ1) is 18.0. The first-order valence-corrected chi connectivity index (χ1v) is 8.80. The molecule has 9 heteroatoms. The van der Waals surface area contributed by atoms with Gasteiger partial charge >= 0.3 is 5.97 Å². The number of rotatable bonds is 4. The lowest BCUT2D eigenvalue weighted by Crippen LogP contribution is -2.14. The maximum absolute atomic E-state index is 12.1. The van der Waals surface area contributed by atoms with E-state index in [0.717, 1.165) is 6.07 Å². The molecule has 2 N–H and O–H groups in total. The Morgan fingerprint density at radius 2 is 1.65 bits per heavy atom. The van der Waals surface area contributed by atoms with Crippen molar-refractivity contribution in [1.29, 1.82) is 0 Å². The van der Waals surface area contributed by atoms with E-state index in [1.807, 2.05) is 0 Å². The zero-order valence-electron chi connectivity index (χ0n) is 11.4. The van der Waals surface area contributed by atoms with E-state index in [-0.39, 0.29) is 22.1 Å². The van der Waals surface area contributed by atoms with Gasteiger partial charge in [-0.25, -0.2) is 18.4 Å². The van der Waals surface area contributed by atoms with Crippen molar-refractivity contribution in [3.63, 3.8) is 0 Å². The molecule has 0 saturated carbocycles.